The molecule has 2 N–H and O–H groups in total. The van der Waals surface area contributed by atoms with E-state index in [1.165, 1.54) is 18.3 Å². The van der Waals surface area contributed by atoms with Crippen molar-refractivity contribution in [3.05, 3.63) is 41.3 Å². The molecule has 7 nitrogen and oxygen atoms in total. The summed E-state index contributed by atoms with van der Waals surface area (Å²) < 4.78 is 5.18. The minimum Gasteiger partial charge on any atom is -0.462 e. The van der Waals surface area contributed by atoms with Gasteiger partial charge in [0.05, 0.1) is 18.8 Å². The smallest absolute Gasteiger partial charge is 0.350 e. The molecule has 166 valence electrons. The number of carbonyl (C=O) groups is 3. The molecular weight excluding hydrogens is 414 g/mol. The molecule has 0 unspecified atom stereocenters. The van der Waals surface area contributed by atoms with Crippen molar-refractivity contribution in [1.29, 1.82) is 0 Å². The highest BCUT2D eigenvalue weighted by atomic mass is 32.1. The summed E-state index contributed by atoms with van der Waals surface area (Å²) >= 11 is 1.32. The van der Waals surface area contributed by atoms with Gasteiger partial charge >= 0.3 is 5.97 Å². The molecule has 0 saturated carbocycles. The monoisotopic (exact) mass is 443 g/mol. The summed E-state index contributed by atoms with van der Waals surface area (Å²) in [5, 5.41) is 5.78. The quantitative estimate of drug-likeness (QED) is 0.611. The molecule has 0 atom stereocenters. The molecule has 2 amide bonds. The van der Waals surface area contributed by atoms with E-state index >= 15 is 0 Å². The van der Waals surface area contributed by atoms with Gasteiger partial charge in [0.1, 0.15) is 4.88 Å². The van der Waals surface area contributed by atoms with Gasteiger partial charge in [-0.05, 0) is 50.4 Å². The van der Waals surface area contributed by atoms with Gasteiger partial charge in [-0.15, -0.1) is 11.3 Å². The van der Waals surface area contributed by atoms with E-state index in [1.54, 1.807) is 6.92 Å². The maximum atomic E-state index is 12.7. The van der Waals surface area contributed by atoms with Crippen LogP contribution in [0.3, 0.4) is 0 Å². The standard InChI is InChI=1S/C23H29N3O4S/c1-3-30-23(29)22-19(13-20(31-22)18-7-5-4-6-8-18)25-21(28)15-26-11-9-17(10-12-26)14-24-16(2)27/h4-8,13,17H,3,9-12,14-15H2,1-2H3,(H,24,27)(H,25,28). The number of ether oxygens (including phenoxy) is 1. The number of thiophene rings is 1. The molecule has 1 aromatic heterocycles. The van der Waals surface area contributed by atoms with Crippen LogP contribution in [0.15, 0.2) is 36.4 Å². The first kappa shape index (κ1) is 23.0. The van der Waals surface area contributed by atoms with Crippen molar-refractivity contribution < 1.29 is 19.1 Å². The molecule has 0 spiro atoms. The lowest BCUT2D eigenvalue weighted by Gasteiger charge is -2.31. The molecule has 1 aliphatic heterocycles. The Balaban J connectivity index is 1.62. The summed E-state index contributed by atoms with van der Waals surface area (Å²) in [5.41, 5.74) is 1.48. The largest absolute Gasteiger partial charge is 0.462 e. The Morgan fingerprint density at radius 3 is 2.52 bits per heavy atom. The summed E-state index contributed by atoms with van der Waals surface area (Å²) in [6.07, 6.45) is 1.89. The maximum Gasteiger partial charge on any atom is 0.350 e. The number of piperidine rings is 1. The Kier molecular flexibility index (Phi) is 8.20. The molecule has 0 radical (unpaired) electrons. The van der Waals surface area contributed by atoms with Gasteiger partial charge in [-0.3, -0.25) is 14.5 Å². The van der Waals surface area contributed by atoms with Crippen LogP contribution in [0.25, 0.3) is 10.4 Å². The van der Waals surface area contributed by atoms with Crippen molar-refractivity contribution in [3.8, 4) is 10.4 Å². The number of carbonyl (C=O) groups excluding carboxylic acids is 3. The van der Waals surface area contributed by atoms with Crippen molar-refractivity contribution >= 4 is 34.8 Å². The summed E-state index contributed by atoms with van der Waals surface area (Å²) in [7, 11) is 0. The lowest BCUT2D eigenvalue weighted by Crippen LogP contribution is -2.41. The Labute approximate surface area is 186 Å². The first-order chi connectivity index (χ1) is 15.0. The summed E-state index contributed by atoms with van der Waals surface area (Å²) in [4.78, 5) is 39.6. The highest BCUT2D eigenvalue weighted by molar-refractivity contribution is 7.18. The average molecular weight is 444 g/mol. The molecule has 1 aromatic carbocycles. The van der Waals surface area contributed by atoms with E-state index in [2.05, 4.69) is 15.5 Å². The SMILES string of the molecule is CCOC(=O)c1sc(-c2ccccc2)cc1NC(=O)CN1CCC(CNC(C)=O)CC1. The van der Waals surface area contributed by atoms with Crippen LogP contribution < -0.4 is 10.6 Å². The fourth-order valence-electron chi connectivity index (χ4n) is 3.61. The lowest BCUT2D eigenvalue weighted by atomic mass is 9.97. The number of nitrogens with zero attached hydrogens (tertiary/aromatic N) is 1. The van der Waals surface area contributed by atoms with Crippen molar-refractivity contribution in [3.63, 3.8) is 0 Å². The zero-order valence-electron chi connectivity index (χ0n) is 18.0. The molecule has 0 aliphatic carbocycles. The topological polar surface area (TPSA) is 87.7 Å². The predicted octanol–water partition coefficient (Wildman–Crippen LogP) is 3.38. The van der Waals surface area contributed by atoms with Gasteiger partial charge in [-0.1, -0.05) is 30.3 Å². The lowest BCUT2D eigenvalue weighted by molar-refractivity contribution is -0.119. The van der Waals surface area contributed by atoms with E-state index in [0.29, 0.717) is 23.0 Å². The first-order valence-corrected chi connectivity index (χ1v) is 11.4. The minimum atomic E-state index is -0.427. The summed E-state index contributed by atoms with van der Waals surface area (Å²) in [6, 6.07) is 11.6. The van der Waals surface area contributed by atoms with Crippen LogP contribution in [0.2, 0.25) is 0 Å². The molecule has 1 fully saturated rings. The fraction of sp³-hybridized carbons (Fsp3) is 0.435. The van der Waals surface area contributed by atoms with Gasteiger partial charge in [0.25, 0.3) is 0 Å². The second-order valence-electron chi connectivity index (χ2n) is 7.64. The van der Waals surface area contributed by atoms with Crippen LogP contribution in [-0.4, -0.2) is 55.5 Å². The van der Waals surface area contributed by atoms with E-state index in [9.17, 15) is 14.4 Å². The second-order valence-corrected chi connectivity index (χ2v) is 8.70. The van der Waals surface area contributed by atoms with Gasteiger partial charge in [0.15, 0.2) is 0 Å². The average Bonchev–Trinajstić information content (AvgIpc) is 3.18. The molecule has 3 rings (SSSR count). The Hall–Kier alpha value is -2.71. The van der Waals surface area contributed by atoms with Gasteiger partial charge < -0.3 is 15.4 Å². The van der Waals surface area contributed by atoms with E-state index in [-0.39, 0.29) is 25.0 Å². The van der Waals surface area contributed by atoms with Crippen molar-refractivity contribution in [2.45, 2.75) is 26.7 Å². The highest BCUT2D eigenvalue weighted by Crippen LogP contribution is 2.35. The van der Waals surface area contributed by atoms with Gasteiger partial charge in [-0.2, -0.15) is 0 Å². The number of likely N-dealkylation sites (tertiary alicyclic amines) is 1. The third-order valence-electron chi connectivity index (χ3n) is 5.24. The molecule has 0 bridgehead atoms. The number of benzene rings is 1. The molecule has 1 aliphatic rings. The van der Waals surface area contributed by atoms with Gasteiger partial charge in [0.2, 0.25) is 11.8 Å². The van der Waals surface area contributed by atoms with Crippen LogP contribution in [0, 0.1) is 5.92 Å². The summed E-state index contributed by atoms with van der Waals surface area (Å²) in [6.45, 7) is 6.14. The van der Waals surface area contributed by atoms with Crippen LogP contribution in [0.1, 0.15) is 36.4 Å². The highest BCUT2D eigenvalue weighted by Gasteiger charge is 2.23. The van der Waals surface area contributed by atoms with Crippen LogP contribution in [0.5, 0.6) is 0 Å². The Bertz CT molecular complexity index is 905. The van der Waals surface area contributed by atoms with Crippen LogP contribution in [-0.2, 0) is 14.3 Å². The van der Waals surface area contributed by atoms with Gasteiger partial charge in [0, 0.05) is 18.3 Å². The number of esters is 1. The zero-order chi connectivity index (χ0) is 22.2. The normalized spacial score (nSPS) is 14.8. The Morgan fingerprint density at radius 2 is 1.87 bits per heavy atom. The molecule has 1 saturated heterocycles. The van der Waals surface area contributed by atoms with Crippen molar-refractivity contribution in [1.82, 2.24) is 10.2 Å². The number of rotatable bonds is 8. The first-order valence-electron chi connectivity index (χ1n) is 10.6. The summed E-state index contributed by atoms with van der Waals surface area (Å²) in [5.74, 6) is -0.138. The van der Waals surface area contributed by atoms with Crippen molar-refractivity contribution in [2.75, 3.05) is 38.1 Å². The van der Waals surface area contributed by atoms with Crippen LogP contribution >= 0.6 is 11.3 Å². The number of nitrogens with one attached hydrogen (secondary N) is 2. The van der Waals surface area contributed by atoms with Crippen molar-refractivity contribution in [2.24, 2.45) is 5.92 Å². The van der Waals surface area contributed by atoms with Crippen LogP contribution in [0.4, 0.5) is 5.69 Å². The third kappa shape index (κ3) is 6.63. The number of amides is 2. The van der Waals surface area contributed by atoms with E-state index in [1.807, 2.05) is 36.4 Å². The number of hydrogen-bond acceptors (Lipinski definition) is 6. The Morgan fingerprint density at radius 1 is 1.16 bits per heavy atom. The third-order valence-corrected chi connectivity index (χ3v) is 6.40. The second kappa shape index (κ2) is 11.1. The predicted molar refractivity (Wildman–Crippen MR) is 122 cm³/mol. The molecule has 2 heterocycles. The maximum absolute atomic E-state index is 12.7. The van der Waals surface area contributed by atoms with E-state index in [0.717, 1.165) is 36.4 Å². The zero-order valence-corrected chi connectivity index (χ0v) is 18.8. The number of anilines is 1. The van der Waals surface area contributed by atoms with E-state index in [4.69, 9.17) is 4.74 Å². The number of hydrogen-bond donors (Lipinski definition) is 2. The van der Waals surface area contributed by atoms with E-state index < -0.39 is 5.97 Å². The molecule has 2 aromatic rings. The van der Waals surface area contributed by atoms with Gasteiger partial charge in [-0.25, -0.2) is 4.79 Å². The molecule has 8 heteroatoms. The minimum absolute atomic E-state index is 0.00940. The fourth-order valence-corrected chi connectivity index (χ4v) is 4.62. The molecule has 31 heavy (non-hydrogen) atoms. The molecular formula is C23H29N3O4S.